The van der Waals surface area contributed by atoms with E-state index < -0.39 is 11.7 Å². The van der Waals surface area contributed by atoms with Crippen molar-refractivity contribution in [2.24, 2.45) is 0 Å². The van der Waals surface area contributed by atoms with Gasteiger partial charge in [0.1, 0.15) is 6.61 Å². The standard InChI is InChI=1S/C13H14F3N3O/c14-13(15,16)9-6-12(18-17-7-9)20-8-11-4-3-10-2-1-5-19(10)11/h2,6-7,11H,1,3-5,8H2/t11-/m0/s1. The summed E-state index contributed by atoms with van der Waals surface area (Å²) in [5.74, 6) is -0.0727. The fourth-order valence-electron chi connectivity index (χ4n) is 2.69. The van der Waals surface area contributed by atoms with E-state index in [-0.39, 0.29) is 11.9 Å². The van der Waals surface area contributed by atoms with Gasteiger partial charge in [0.05, 0.1) is 17.8 Å². The lowest BCUT2D eigenvalue weighted by atomic mass is 10.2. The number of alkyl halides is 3. The molecular formula is C13H14F3N3O. The largest absolute Gasteiger partial charge is 0.474 e. The average Bonchev–Trinajstić information content (AvgIpc) is 2.99. The zero-order chi connectivity index (χ0) is 14.2. The molecule has 0 aromatic carbocycles. The van der Waals surface area contributed by atoms with Gasteiger partial charge in [-0.3, -0.25) is 0 Å². The van der Waals surface area contributed by atoms with E-state index in [2.05, 4.69) is 21.2 Å². The van der Waals surface area contributed by atoms with E-state index in [1.165, 1.54) is 5.70 Å². The van der Waals surface area contributed by atoms with E-state index in [1.807, 2.05) is 0 Å². The summed E-state index contributed by atoms with van der Waals surface area (Å²) >= 11 is 0. The number of ether oxygens (including phenoxy) is 1. The Labute approximate surface area is 114 Å². The number of halogens is 3. The molecule has 3 heterocycles. The van der Waals surface area contributed by atoms with E-state index in [1.54, 1.807) is 0 Å². The molecule has 1 saturated heterocycles. The van der Waals surface area contributed by atoms with Crippen molar-refractivity contribution in [2.75, 3.05) is 13.2 Å². The van der Waals surface area contributed by atoms with Crippen LogP contribution in [0.5, 0.6) is 5.88 Å². The van der Waals surface area contributed by atoms with Crippen LogP contribution in [0.3, 0.4) is 0 Å². The molecule has 0 bridgehead atoms. The third-order valence-corrected chi connectivity index (χ3v) is 3.68. The van der Waals surface area contributed by atoms with E-state index in [0.717, 1.165) is 31.9 Å². The maximum Gasteiger partial charge on any atom is 0.418 e. The molecule has 2 aliphatic rings. The van der Waals surface area contributed by atoms with Crippen LogP contribution in [0.2, 0.25) is 0 Å². The topological polar surface area (TPSA) is 38.3 Å². The molecule has 7 heteroatoms. The van der Waals surface area contributed by atoms with Crippen LogP contribution in [-0.4, -0.2) is 34.3 Å². The highest BCUT2D eigenvalue weighted by atomic mass is 19.4. The van der Waals surface area contributed by atoms with Gasteiger partial charge in [-0.15, -0.1) is 5.10 Å². The molecule has 20 heavy (non-hydrogen) atoms. The Morgan fingerprint density at radius 1 is 1.40 bits per heavy atom. The fraction of sp³-hybridized carbons (Fsp3) is 0.538. The van der Waals surface area contributed by atoms with Crippen molar-refractivity contribution in [2.45, 2.75) is 31.5 Å². The molecule has 4 nitrogen and oxygen atoms in total. The molecule has 1 atom stereocenters. The molecule has 0 radical (unpaired) electrons. The first-order chi connectivity index (χ1) is 9.54. The summed E-state index contributed by atoms with van der Waals surface area (Å²) in [6.07, 6.45) is 1.51. The molecule has 0 unspecified atom stereocenters. The molecule has 1 fully saturated rings. The monoisotopic (exact) mass is 285 g/mol. The SMILES string of the molecule is FC(F)(F)c1cnnc(OC[C@@H]2CCC3=CCCN32)c1. The summed E-state index contributed by atoms with van der Waals surface area (Å²) in [5, 5.41) is 6.94. The maximum atomic E-state index is 12.5. The van der Waals surface area contributed by atoms with Crippen LogP contribution in [0.25, 0.3) is 0 Å². The van der Waals surface area contributed by atoms with Gasteiger partial charge in [-0.25, -0.2) is 0 Å². The second kappa shape index (κ2) is 4.96. The Morgan fingerprint density at radius 2 is 2.25 bits per heavy atom. The Kier molecular flexibility index (Phi) is 3.27. The van der Waals surface area contributed by atoms with Crippen molar-refractivity contribution in [1.82, 2.24) is 15.1 Å². The Balaban J connectivity index is 1.63. The number of rotatable bonds is 3. The second-order valence-electron chi connectivity index (χ2n) is 4.96. The molecule has 0 N–H and O–H groups in total. The fourth-order valence-corrected chi connectivity index (χ4v) is 2.69. The highest BCUT2D eigenvalue weighted by Gasteiger charge is 2.33. The first kappa shape index (κ1) is 13.2. The van der Waals surface area contributed by atoms with E-state index in [9.17, 15) is 13.2 Å². The quantitative estimate of drug-likeness (QED) is 0.855. The summed E-state index contributed by atoms with van der Waals surface area (Å²) < 4.78 is 43.0. The molecule has 0 aliphatic carbocycles. The minimum atomic E-state index is -4.42. The van der Waals surface area contributed by atoms with Gasteiger partial charge in [-0.1, -0.05) is 6.08 Å². The summed E-state index contributed by atoms with van der Waals surface area (Å²) in [6.45, 7) is 1.31. The smallest absolute Gasteiger partial charge is 0.418 e. The van der Waals surface area contributed by atoms with Crippen molar-refractivity contribution in [3.05, 3.63) is 29.6 Å². The number of hydrogen-bond acceptors (Lipinski definition) is 4. The van der Waals surface area contributed by atoms with Gasteiger partial charge >= 0.3 is 6.18 Å². The molecule has 0 saturated carbocycles. The summed E-state index contributed by atoms with van der Waals surface area (Å²) in [5.41, 5.74) is 0.490. The third-order valence-electron chi connectivity index (χ3n) is 3.68. The van der Waals surface area contributed by atoms with Crippen molar-refractivity contribution >= 4 is 0 Å². The number of hydrogen-bond donors (Lipinski definition) is 0. The van der Waals surface area contributed by atoms with Gasteiger partial charge in [-0.05, 0) is 19.3 Å². The van der Waals surface area contributed by atoms with Gasteiger partial charge < -0.3 is 9.64 Å². The highest BCUT2D eigenvalue weighted by molar-refractivity contribution is 5.20. The molecule has 0 spiro atoms. The molecule has 1 aromatic rings. The van der Waals surface area contributed by atoms with Gasteiger partial charge in [-0.2, -0.15) is 18.3 Å². The molecule has 3 rings (SSSR count). The van der Waals surface area contributed by atoms with Gasteiger partial charge in [0, 0.05) is 18.3 Å². The van der Waals surface area contributed by atoms with Crippen LogP contribution in [0, 0.1) is 0 Å². The lowest BCUT2D eigenvalue weighted by Crippen LogP contribution is -2.32. The molecule has 1 aromatic heterocycles. The molecule has 108 valence electrons. The normalized spacial score (nSPS) is 21.9. The number of allylic oxidation sites excluding steroid dienone is 1. The minimum absolute atomic E-state index is 0.0727. The predicted octanol–water partition coefficient (Wildman–Crippen LogP) is 2.63. The van der Waals surface area contributed by atoms with Crippen LogP contribution >= 0.6 is 0 Å². The molecule has 2 aliphatic heterocycles. The predicted molar refractivity (Wildman–Crippen MR) is 65.0 cm³/mol. The van der Waals surface area contributed by atoms with E-state index in [4.69, 9.17) is 4.74 Å². The molecular weight excluding hydrogens is 271 g/mol. The summed E-state index contributed by atoms with van der Waals surface area (Å²) in [7, 11) is 0. The first-order valence-electron chi connectivity index (χ1n) is 6.52. The average molecular weight is 285 g/mol. The first-order valence-corrected chi connectivity index (χ1v) is 6.52. The van der Waals surface area contributed by atoms with Crippen molar-refractivity contribution in [3.8, 4) is 5.88 Å². The van der Waals surface area contributed by atoms with Crippen LogP contribution in [0.15, 0.2) is 24.0 Å². The lowest BCUT2D eigenvalue weighted by molar-refractivity contribution is -0.138. The summed E-state index contributed by atoms with van der Waals surface area (Å²) in [4.78, 5) is 2.26. The van der Waals surface area contributed by atoms with Crippen LogP contribution in [-0.2, 0) is 6.18 Å². The lowest BCUT2D eigenvalue weighted by Gasteiger charge is -2.23. The number of nitrogens with zero attached hydrogens (tertiary/aromatic N) is 3. The Bertz CT molecular complexity index is 530. The van der Waals surface area contributed by atoms with E-state index in [0.29, 0.717) is 12.8 Å². The maximum absolute atomic E-state index is 12.5. The van der Waals surface area contributed by atoms with E-state index >= 15 is 0 Å². The zero-order valence-electron chi connectivity index (χ0n) is 10.7. The summed E-state index contributed by atoms with van der Waals surface area (Å²) in [6, 6.07) is 1.11. The van der Waals surface area contributed by atoms with Crippen molar-refractivity contribution in [1.29, 1.82) is 0 Å². The number of aromatic nitrogens is 2. The zero-order valence-corrected chi connectivity index (χ0v) is 10.7. The van der Waals surface area contributed by atoms with Gasteiger partial charge in [0.25, 0.3) is 0 Å². The highest BCUT2D eigenvalue weighted by Crippen LogP contribution is 2.33. The Morgan fingerprint density at radius 3 is 3.05 bits per heavy atom. The third kappa shape index (κ3) is 2.57. The van der Waals surface area contributed by atoms with Crippen molar-refractivity contribution in [3.63, 3.8) is 0 Å². The minimum Gasteiger partial charge on any atom is -0.474 e. The number of fused-ring (bicyclic) bond motifs is 1. The Hall–Kier alpha value is -1.79. The van der Waals surface area contributed by atoms with Crippen LogP contribution < -0.4 is 4.74 Å². The van der Waals surface area contributed by atoms with Crippen LogP contribution in [0.4, 0.5) is 13.2 Å². The van der Waals surface area contributed by atoms with Gasteiger partial charge in [0.2, 0.25) is 5.88 Å². The van der Waals surface area contributed by atoms with Crippen LogP contribution in [0.1, 0.15) is 24.8 Å². The van der Waals surface area contributed by atoms with Crippen molar-refractivity contribution < 1.29 is 17.9 Å². The molecule has 0 amide bonds. The second-order valence-corrected chi connectivity index (χ2v) is 4.96. The van der Waals surface area contributed by atoms with Gasteiger partial charge in [0.15, 0.2) is 0 Å².